The van der Waals surface area contributed by atoms with Crippen LogP contribution < -0.4 is 9.47 Å². The fourth-order valence-electron chi connectivity index (χ4n) is 2.64. The van der Waals surface area contributed by atoms with Crippen LogP contribution in [0.1, 0.15) is 16.8 Å². The summed E-state index contributed by atoms with van der Waals surface area (Å²) in [6.07, 6.45) is 1.60. The molecule has 0 saturated heterocycles. The molecule has 0 atom stereocenters. The van der Waals surface area contributed by atoms with Gasteiger partial charge in [-0.15, -0.1) is 0 Å². The second-order valence-corrected chi connectivity index (χ2v) is 6.01. The van der Waals surface area contributed by atoms with E-state index in [1.165, 1.54) is 0 Å². The van der Waals surface area contributed by atoms with Gasteiger partial charge in [0.1, 0.15) is 5.69 Å². The van der Waals surface area contributed by atoms with Crippen molar-refractivity contribution >= 4 is 28.7 Å². The molecule has 0 unspecified atom stereocenters. The second-order valence-electron chi connectivity index (χ2n) is 5.64. The molecular formula is C20H19ClN2O3. The molecule has 5 nitrogen and oxygen atoms in total. The molecule has 2 aromatic carbocycles. The van der Waals surface area contributed by atoms with Gasteiger partial charge in [-0.3, -0.25) is 0 Å². The van der Waals surface area contributed by atoms with Gasteiger partial charge in [-0.25, -0.2) is 4.98 Å². The van der Waals surface area contributed by atoms with E-state index in [2.05, 4.69) is 10.1 Å². The van der Waals surface area contributed by atoms with Crippen LogP contribution in [-0.2, 0) is 11.4 Å². The highest BCUT2D eigenvalue weighted by Gasteiger charge is 2.10. The molecule has 0 bridgehead atoms. The maximum absolute atomic E-state index is 6.42. The van der Waals surface area contributed by atoms with E-state index in [-0.39, 0.29) is 6.61 Å². The van der Waals surface area contributed by atoms with E-state index in [4.69, 9.17) is 25.9 Å². The fraction of sp³-hybridized carbons (Fsp3) is 0.200. The predicted octanol–water partition coefficient (Wildman–Crippen LogP) is 4.76. The molecule has 1 heterocycles. The first-order valence-electron chi connectivity index (χ1n) is 8.05. The number of benzene rings is 2. The van der Waals surface area contributed by atoms with Crippen molar-refractivity contribution in [1.29, 1.82) is 0 Å². The Kier molecular flexibility index (Phi) is 5.58. The van der Waals surface area contributed by atoms with Crippen molar-refractivity contribution in [2.45, 2.75) is 13.5 Å². The maximum Gasteiger partial charge on any atom is 0.161 e. The third-order valence-electron chi connectivity index (χ3n) is 4.03. The van der Waals surface area contributed by atoms with Crippen molar-refractivity contribution in [1.82, 2.24) is 4.98 Å². The van der Waals surface area contributed by atoms with Crippen LogP contribution in [0.4, 0.5) is 0 Å². The maximum atomic E-state index is 6.42. The number of rotatable bonds is 6. The van der Waals surface area contributed by atoms with E-state index in [1.807, 2.05) is 49.4 Å². The Balaban J connectivity index is 1.73. The molecule has 26 heavy (non-hydrogen) atoms. The van der Waals surface area contributed by atoms with Gasteiger partial charge in [-0.2, -0.15) is 0 Å². The Bertz CT molecular complexity index is 957. The Morgan fingerprint density at radius 2 is 1.85 bits per heavy atom. The van der Waals surface area contributed by atoms with E-state index in [0.717, 1.165) is 22.0 Å². The van der Waals surface area contributed by atoms with Crippen LogP contribution in [0.15, 0.2) is 47.6 Å². The van der Waals surface area contributed by atoms with Crippen LogP contribution in [0.5, 0.6) is 11.5 Å². The summed E-state index contributed by atoms with van der Waals surface area (Å²) in [6.45, 7) is 2.16. The van der Waals surface area contributed by atoms with Crippen molar-refractivity contribution < 1.29 is 14.3 Å². The molecule has 0 radical (unpaired) electrons. The number of hydrogen-bond acceptors (Lipinski definition) is 5. The van der Waals surface area contributed by atoms with Crippen molar-refractivity contribution in [3.05, 3.63) is 64.3 Å². The highest BCUT2D eigenvalue weighted by molar-refractivity contribution is 6.32. The molecule has 0 spiro atoms. The molecule has 0 aliphatic heterocycles. The third-order valence-corrected chi connectivity index (χ3v) is 4.53. The van der Waals surface area contributed by atoms with Crippen molar-refractivity contribution in [2.24, 2.45) is 5.16 Å². The SMILES string of the molecule is COc1ccc(/C=N\OCc2nc3ccccc3c(C)c2Cl)cc1OC. The molecule has 0 amide bonds. The van der Waals surface area contributed by atoms with Gasteiger partial charge < -0.3 is 14.3 Å². The Morgan fingerprint density at radius 1 is 1.08 bits per heavy atom. The van der Waals surface area contributed by atoms with E-state index < -0.39 is 0 Å². The predicted molar refractivity (Wildman–Crippen MR) is 103 cm³/mol. The largest absolute Gasteiger partial charge is 0.493 e. The molecule has 0 N–H and O–H groups in total. The number of ether oxygens (including phenoxy) is 2. The van der Waals surface area contributed by atoms with Crippen LogP contribution in [0.2, 0.25) is 5.02 Å². The van der Waals surface area contributed by atoms with Gasteiger partial charge >= 0.3 is 0 Å². The number of pyridine rings is 1. The minimum Gasteiger partial charge on any atom is -0.493 e. The summed E-state index contributed by atoms with van der Waals surface area (Å²) >= 11 is 6.42. The lowest BCUT2D eigenvalue weighted by atomic mass is 10.1. The van der Waals surface area contributed by atoms with Gasteiger partial charge in [0.15, 0.2) is 18.1 Å². The van der Waals surface area contributed by atoms with Crippen LogP contribution in [-0.4, -0.2) is 25.4 Å². The Hall–Kier alpha value is -2.79. The number of fused-ring (bicyclic) bond motifs is 1. The molecule has 0 fully saturated rings. The lowest BCUT2D eigenvalue weighted by Crippen LogP contribution is -1.97. The summed E-state index contributed by atoms with van der Waals surface area (Å²) in [6, 6.07) is 13.4. The third kappa shape index (κ3) is 3.73. The molecule has 6 heteroatoms. The molecule has 1 aromatic heterocycles. The Labute approximate surface area is 157 Å². The topological polar surface area (TPSA) is 52.9 Å². The van der Waals surface area contributed by atoms with Gasteiger partial charge in [0.05, 0.1) is 31.0 Å². The fourth-order valence-corrected chi connectivity index (χ4v) is 2.84. The average molecular weight is 371 g/mol. The number of aryl methyl sites for hydroxylation is 1. The first-order chi connectivity index (χ1) is 12.6. The van der Waals surface area contributed by atoms with Gasteiger partial charge in [0.25, 0.3) is 0 Å². The number of aromatic nitrogens is 1. The summed E-state index contributed by atoms with van der Waals surface area (Å²) in [5.41, 5.74) is 3.36. The lowest BCUT2D eigenvalue weighted by Gasteiger charge is -2.09. The average Bonchev–Trinajstić information content (AvgIpc) is 2.68. The quantitative estimate of drug-likeness (QED) is 0.463. The van der Waals surface area contributed by atoms with E-state index >= 15 is 0 Å². The highest BCUT2D eigenvalue weighted by Crippen LogP contribution is 2.28. The minimum atomic E-state index is 0.189. The smallest absolute Gasteiger partial charge is 0.161 e. The van der Waals surface area contributed by atoms with Crippen molar-refractivity contribution in [2.75, 3.05) is 14.2 Å². The van der Waals surface area contributed by atoms with Crippen LogP contribution >= 0.6 is 11.6 Å². The number of methoxy groups -OCH3 is 2. The van der Waals surface area contributed by atoms with Gasteiger partial charge in [0.2, 0.25) is 0 Å². The minimum absolute atomic E-state index is 0.189. The van der Waals surface area contributed by atoms with Crippen molar-refractivity contribution in [3.63, 3.8) is 0 Å². The summed E-state index contributed by atoms with van der Waals surface area (Å²) in [5.74, 6) is 1.29. The zero-order chi connectivity index (χ0) is 18.5. The summed E-state index contributed by atoms with van der Waals surface area (Å²) < 4.78 is 10.5. The number of oxime groups is 1. The molecule has 3 rings (SSSR count). The van der Waals surface area contributed by atoms with Gasteiger partial charge in [-0.05, 0) is 36.8 Å². The molecule has 3 aromatic rings. The second kappa shape index (κ2) is 8.06. The monoisotopic (exact) mass is 370 g/mol. The van der Waals surface area contributed by atoms with Gasteiger partial charge in [-0.1, -0.05) is 35.0 Å². The van der Waals surface area contributed by atoms with E-state index in [9.17, 15) is 0 Å². The van der Waals surface area contributed by atoms with E-state index in [0.29, 0.717) is 22.2 Å². The van der Waals surface area contributed by atoms with Gasteiger partial charge in [0, 0.05) is 10.9 Å². The first-order valence-corrected chi connectivity index (χ1v) is 8.43. The molecule has 134 valence electrons. The molecule has 0 saturated carbocycles. The molecular weight excluding hydrogens is 352 g/mol. The number of hydrogen-bond donors (Lipinski definition) is 0. The lowest BCUT2D eigenvalue weighted by molar-refractivity contribution is 0.129. The first kappa shape index (κ1) is 18.0. The summed E-state index contributed by atoms with van der Waals surface area (Å²) in [5, 5.41) is 5.64. The summed E-state index contributed by atoms with van der Waals surface area (Å²) in [7, 11) is 3.18. The Morgan fingerprint density at radius 3 is 2.62 bits per heavy atom. The zero-order valence-corrected chi connectivity index (χ0v) is 15.6. The molecule has 0 aliphatic rings. The number of halogens is 1. The standard InChI is InChI=1S/C20H19ClN2O3/c1-13-15-6-4-5-7-16(15)23-17(20(13)21)12-26-22-11-14-8-9-18(24-2)19(10-14)25-3/h4-11H,12H2,1-3H3/b22-11-. The van der Waals surface area contributed by atoms with Crippen LogP contribution in [0.3, 0.4) is 0 Å². The summed E-state index contributed by atoms with van der Waals surface area (Å²) in [4.78, 5) is 9.95. The zero-order valence-electron chi connectivity index (χ0n) is 14.8. The number of para-hydroxylation sites is 1. The highest BCUT2D eigenvalue weighted by atomic mass is 35.5. The normalized spacial score (nSPS) is 11.1. The van der Waals surface area contributed by atoms with Crippen LogP contribution in [0.25, 0.3) is 10.9 Å². The van der Waals surface area contributed by atoms with Crippen molar-refractivity contribution in [3.8, 4) is 11.5 Å². The molecule has 0 aliphatic carbocycles. The van der Waals surface area contributed by atoms with E-state index in [1.54, 1.807) is 20.4 Å². The van der Waals surface area contributed by atoms with Crippen LogP contribution in [0, 0.1) is 6.92 Å². The number of nitrogens with zero attached hydrogens (tertiary/aromatic N) is 2.